The fraction of sp³-hybridized carbons (Fsp3) is 0.714. The minimum absolute atomic E-state index is 1.09. The van der Waals surface area contributed by atoms with Gasteiger partial charge in [-0.3, -0.25) is 0 Å². The standard InChI is InChI=1S/C7H12Br4Ge/c1-2-3-4-5-7(8)6-12(9,10)11/h5H,2-4,6H2,1H3/b7-5+. The summed E-state index contributed by atoms with van der Waals surface area (Å²) >= 11 is 14.5. The van der Waals surface area contributed by atoms with Crippen molar-refractivity contribution in [3.63, 3.8) is 0 Å². The van der Waals surface area contributed by atoms with E-state index < -0.39 is 7.74 Å². The Morgan fingerprint density at radius 2 is 1.92 bits per heavy atom. The van der Waals surface area contributed by atoms with E-state index >= 15 is 0 Å². The molecular formula is C7H12Br4Ge. The molecule has 0 heterocycles. The van der Waals surface area contributed by atoms with Gasteiger partial charge >= 0.3 is 108 Å². The van der Waals surface area contributed by atoms with Gasteiger partial charge in [-0.15, -0.1) is 0 Å². The van der Waals surface area contributed by atoms with Crippen molar-refractivity contribution in [2.75, 3.05) is 0 Å². The summed E-state index contributed by atoms with van der Waals surface area (Å²) in [7, 11) is -1.91. The molecule has 0 bridgehead atoms. The first-order chi connectivity index (χ1) is 5.45. The van der Waals surface area contributed by atoms with Crippen molar-refractivity contribution >= 4 is 65.7 Å². The Labute approximate surface area is 106 Å². The Morgan fingerprint density at radius 3 is 2.33 bits per heavy atom. The monoisotopic (exact) mass is 486 g/mol. The second kappa shape index (κ2) is 7.49. The summed E-state index contributed by atoms with van der Waals surface area (Å²) < 4.78 is 1.31. The molecule has 0 atom stereocenters. The second-order valence-corrected chi connectivity index (χ2v) is 44.6. The van der Waals surface area contributed by atoms with E-state index in [0.29, 0.717) is 0 Å². The molecule has 0 rings (SSSR count). The van der Waals surface area contributed by atoms with Crippen LogP contribution in [0.15, 0.2) is 10.6 Å². The summed E-state index contributed by atoms with van der Waals surface area (Å²) in [6, 6.07) is 0. The summed E-state index contributed by atoms with van der Waals surface area (Å²) in [5.74, 6) is 0. The molecule has 0 amide bonds. The van der Waals surface area contributed by atoms with Crippen LogP contribution >= 0.6 is 57.9 Å². The molecule has 0 saturated carbocycles. The molecule has 0 N–H and O–H groups in total. The van der Waals surface area contributed by atoms with Crippen molar-refractivity contribution in [1.29, 1.82) is 0 Å². The van der Waals surface area contributed by atoms with Crippen LogP contribution in [0, 0.1) is 0 Å². The van der Waals surface area contributed by atoms with Gasteiger partial charge in [0.2, 0.25) is 0 Å². The van der Waals surface area contributed by atoms with Crippen LogP contribution in [0.3, 0.4) is 0 Å². The van der Waals surface area contributed by atoms with Gasteiger partial charge in [0, 0.05) is 0 Å². The molecule has 0 aliphatic carbocycles. The summed E-state index contributed by atoms with van der Waals surface area (Å²) in [6.45, 7) is 2.21. The van der Waals surface area contributed by atoms with Crippen molar-refractivity contribution in [2.24, 2.45) is 0 Å². The van der Waals surface area contributed by atoms with Crippen LogP contribution in [-0.4, -0.2) is 7.74 Å². The molecule has 0 aromatic rings. The third-order valence-corrected chi connectivity index (χ3v) is 8.99. The molecule has 0 radical (unpaired) electrons. The maximum absolute atomic E-state index is 3.64. The van der Waals surface area contributed by atoms with Crippen molar-refractivity contribution in [2.45, 2.75) is 31.4 Å². The average molecular weight is 488 g/mol. The molecule has 0 unspecified atom stereocenters. The zero-order valence-corrected chi connectivity index (χ0v) is 15.4. The van der Waals surface area contributed by atoms with E-state index in [1.54, 1.807) is 0 Å². The molecule has 0 aromatic carbocycles. The fourth-order valence-corrected chi connectivity index (χ4v) is 14.8. The van der Waals surface area contributed by atoms with Crippen molar-refractivity contribution < 1.29 is 0 Å². The van der Waals surface area contributed by atoms with Gasteiger partial charge in [-0.05, 0) is 0 Å². The topological polar surface area (TPSA) is 0 Å². The molecular weight excluding hydrogens is 476 g/mol. The summed E-state index contributed by atoms with van der Waals surface area (Å²) in [6.07, 6.45) is 6.00. The molecule has 0 aliphatic rings. The molecule has 5 heteroatoms. The third-order valence-electron chi connectivity index (χ3n) is 1.29. The molecule has 0 aromatic heterocycles. The summed E-state index contributed by atoms with van der Waals surface area (Å²) in [4.78, 5) is 0. The summed E-state index contributed by atoms with van der Waals surface area (Å²) in [5.41, 5.74) is 0. The van der Waals surface area contributed by atoms with Gasteiger partial charge in [-0.1, -0.05) is 0 Å². The van der Waals surface area contributed by atoms with Crippen LogP contribution in [0.4, 0.5) is 0 Å². The van der Waals surface area contributed by atoms with E-state index in [2.05, 4.69) is 70.9 Å². The van der Waals surface area contributed by atoms with Gasteiger partial charge in [0.05, 0.1) is 0 Å². The van der Waals surface area contributed by atoms with E-state index in [9.17, 15) is 0 Å². The average Bonchev–Trinajstić information content (AvgIpc) is 1.84. The van der Waals surface area contributed by atoms with Crippen LogP contribution in [0.1, 0.15) is 26.2 Å². The van der Waals surface area contributed by atoms with Gasteiger partial charge in [0.1, 0.15) is 0 Å². The Morgan fingerprint density at radius 1 is 1.33 bits per heavy atom. The van der Waals surface area contributed by atoms with E-state index in [1.807, 2.05) is 0 Å². The number of hydrogen-bond acceptors (Lipinski definition) is 0. The number of allylic oxidation sites excluding steroid dienone is 2. The molecule has 0 spiro atoms. The first-order valence-corrected chi connectivity index (χ1v) is 20.9. The number of hydrogen-bond donors (Lipinski definition) is 0. The van der Waals surface area contributed by atoms with E-state index in [4.69, 9.17) is 0 Å². The van der Waals surface area contributed by atoms with E-state index in [0.717, 1.165) is 5.25 Å². The van der Waals surface area contributed by atoms with Crippen molar-refractivity contribution in [3.8, 4) is 0 Å². The predicted molar refractivity (Wildman–Crippen MR) is 73.9 cm³/mol. The Balaban J connectivity index is 3.70. The Kier molecular flexibility index (Phi) is 8.86. The van der Waals surface area contributed by atoms with Gasteiger partial charge < -0.3 is 0 Å². The van der Waals surface area contributed by atoms with Crippen molar-refractivity contribution in [1.82, 2.24) is 0 Å². The fourth-order valence-electron chi connectivity index (χ4n) is 0.726. The molecule has 72 valence electrons. The maximum atomic E-state index is 3.64. The Bertz CT molecular complexity index is 150. The first kappa shape index (κ1) is 14.2. The van der Waals surface area contributed by atoms with Gasteiger partial charge in [-0.2, -0.15) is 0 Å². The van der Waals surface area contributed by atoms with E-state index in [-0.39, 0.29) is 0 Å². The molecule has 0 aliphatic heterocycles. The summed E-state index contributed by atoms with van der Waals surface area (Å²) in [5, 5.41) is 1.09. The van der Waals surface area contributed by atoms with Gasteiger partial charge in [0.15, 0.2) is 0 Å². The Hall–Kier alpha value is 2.20. The minimum atomic E-state index is -1.91. The van der Waals surface area contributed by atoms with Crippen LogP contribution in [0.2, 0.25) is 5.25 Å². The zero-order chi connectivity index (χ0) is 9.61. The predicted octanol–water partition coefficient (Wildman–Crippen LogP) is 5.58. The second-order valence-electron chi connectivity index (χ2n) is 2.59. The molecule has 0 saturated heterocycles. The number of unbranched alkanes of at least 4 members (excludes halogenated alkanes) is 2. The van der Waals surface area contributed by atoms with Crippen LogP contribution < -0.4 is 0 Å². The van der Waals surface area contributed by atoms with Gasteiger partial charge in [0.25, 0.3) is 0 Å². The number of rotatable bonds is 5. The van der Waals surface area contributed by atoms with E-state index in [1.165, 1.54) is 23.7 Å². The van der Waals surface area contributed by atoms with Crippen LogP contribution in [0.25, 0.3) is 0 Å². The van der Waals surface area contributed by atoms with Crippen LogP contribution in [0.5, 0.6) is 0 Å². The zero-order valence-electron chi connectivity index (χ0n) is 6.92. The molecule has 0 nitrogen and oxygen atoms in total. The normalized spacial score (nSPS) is 13.6. The molecule has 12 heavy (non-hydrogen) atoms. The van der Waals surface area contributed by atoms with Crippen molar-refractivity contribution in [3.05, 3.63) is 10.6 Å². The van der Waals surface area contributed by atoms with Gasteiger partial charge in [-0.25, -0.2) is 0 Å². The SMILES string of the molecule is CCCC/C=C(/Br)[CH2][Ge]([Br])([Br])[Br]. The molecule has 0 fully saturated rings. The third kappa shape index (κ3) is 10.3. The first-order valence-electron chi connectivity index (χ1n) is 3.87. The number of halogens is 4. The van der Waals surface area contributed by atoms with Crippen LogP contribution in [-0.2, 0) is 0 Å². The quantitative estimate of drug-likeness (QED) is 0.350.